The molecule has 0 aliphatic heterocycles. The first-order valence-electron chi connectivity index (χ1n) is 9.76. The predicted molar refractivity (Wildman–Crippen MR) is 113 cm³/mol. The van der Waals surface area contributed by atoms with Crippen molar-refractivity contribution in [1.82, 2.24) is 8.96 Å². The third-order valence-corrected chi connectivity index (χ3v) is 7.63. The van der Waals surface area contributed by atoms with E-state index in [1.54, 1.807) is 12.1 Å². The number of aryl methyl sites for hydroxylation is 1. The van der Waals surface area contributed by atoms with Gasteiger partial charge >= 0.3 is 11.9 Å². The summed E-state index contributed by atoms with van der Waals surface area (Å²) in [6.07, 6.45) is 3.00. The van der Waals surface area contributed by atoms with E-state index in [9.17, 15) is 18.0 Å². The maximum atomic E-state index is 13.0. The van der Waals surface area contributed by atoms with Gasteiger partial charge in [-0.15, -0.1) is 0 Å². The van der Waals surface area contributed by atoms with Crippen molar-refractivity contribution in [1.29, 1.82) is 0 Å². The van der Waals surface area contributed by atoms with Crippen molar-refractivity contribution in [2.24, 2.45) is 5.41 Å². The zero-order valence-corrected chi connectivity index (χ0v) is 19.0. The van der Waals surface area contributed by atoms with Gasteiger partial charge in [-0.2, -0.15) is 0 Å². The van der Waals surface area contributed by atoms with Crippen LogP contribution in [-0.2, 0) is 29.1 Å². The van der Waals surface area contributed by atoms with Crippen molar-refractivity contribution in [2.75, 3.05) is 14.2 Å². The molecule has 9 heteroatoms. The summed E-state index contributed by atoms with van der Waals surface area (Å²) in [6, 6.07) is 6.47. The van der Waals surface area contributed by atoms with E-state index >= 15 is 0 Å². The number of ether oxygens (including phenoxy) is 2. The number of methoxy groups -OCH3 is 2. The average molecular weight is 447 g/mol. The number of hydrogen-bond acceptors (Lipinski definition) is 7. The molecule has 0 spiro atoms. The molecule has 0 N–H and O–H groups in total. The van der Waals surface area contributed by atoms with Gasteiger partial charge in [-0.05, 0) is 45.7 Å². The van der Waals surface area contributed by atoms with E-state index in [0.29, 0.717) is 12.1 Å². The maximum absolute atomic E-state index is 13.0. The van der Waals surface area contributed by atoms with Crippen LogP contribution < -0.4 is 0 Å². The summed E-state index contributed by atoms with van der Waals surface area (Å²) in [5, 5.41) is 0. The summed E-state index contributed by atoms with van der Waals surface area (Å²) in [5.41, 5.74) is 1.49. The average Bonchev–Trinajstić information content (AvgIpc) is 3.25. The van der Waals surface area contributed by atoms with E-state index in [2.05, 4.69) is 4.98 Å². The highest BCUT2D eigenvalue weighted by atomic mass is 32.2. The molecule has 166 valence electrons. The summed E-state index contributed by atoms with van der Waals surface area (Å²) < 4.78 is 37.0. The van der Waals surface area contributed by atoms with Crippen molar-refractivity contribution < 1.29 is 27.5 Å². The van der Waals surface area contributed by atoms with Crippen LogP contribution in [0.1, 0.15) is 43.9 Å². The van der Waals surface area contributed by atoms with Crippen LogP contribution in [0.25, 0.3) is 0 Å². The summed E-state index contributed by atoms with van der Waals surface area (Å²) in [7, 11) is -1.45. The summed E-state index contributed by atoms with van der Waals surface area (Å²) in [5.74, 6) is -2.19. The second-order valence-electron chi connectivity index (χ2n) is 7.90. The molecule has 3 rings (SSSR count). The van der Waals surface area contributed by atoms with Crippen LogP contribution in [0.4, 0.5) is 0 Å². The lowest BCUT2D eigenvalue weighted by Gasteiger charge is -2.39. The third kappa shape index (κ3) is 3.78. The number of benzene rings is 1. The second kappa shape index (κ2) is 8.30. The molecule has 0 saturated heterocycles. The lowest BCUT2D eigenvalue weighted by Crippen LogP contribution is -2.48. The zero-order valence-electron chi connectivity index (χ0n) is 18.2. The van der Waals surface area contributed by atoms with Crippen LogP contribution in [-0.4, -0.2) is 43.5 Å². The van der Waals surface area contributed by atoms with Crippen LogP contribution in [0, 0.1) is 12.3 Å². The van der Waals surface area contributed by atoms with Gasteiger partial charge in [0.1, 0.15) is 6.33 Å². The number of nitrogens with zero attached hydrogens (tertiary/aromatic N) is 2. The highest BCUT2D eigenvalue weighted by molar-refractivity contribution is 7.90. The minimum absolute atomic E-state index is 0.112. The minimum Gasteiger partial charge on any atom is -0.468 e. The van der Waals surface area contributed by atoms with Gasteiger partial charge in [-0.3, -0.25) is 9.59 Å². The normalized spacial score (nSPS) is 18.5. The van der Waals surface area contributed by atoms with Crippen LogP contribution in [0.5, 0.6) is 0 Å². The van der Waals surface area contributed by atoms with Crippen LogP contribution in [0.15, 0.2) is 52.8 Å². The van der Waals surface area contributed by atoms with Crippen molar-refractivity contribution in [2.45, 2.75) is 44.4 Å². The fraction of sp³-hybridized carbons (Fsp3) is 0.409. The summed E-state index contributed by atoms with van der Waals surface area (Å²) >= 11 is 0. The number of allylic oxidation sites excluding steroid dienone is 2. The van der Waals surface area contributed by atoms with Crippen molar-refractivity contribution in [3.63, 3.8) is 0 Å². The van der Waals surface area contributed by atoms with E-state index in [1.807, 2.05) is 20.8 Å². The van der Waals surface area contributed by atoms with Gasteiger partial charge < -0.3 is 9.47 Å². The molecule has 2 aromatic rings. The Balaban J connectivity index is 2.12. The van der Waals surface area contributed by atoms with Gasteiger partial charge in [-0.1, -0.05) is 28.8 Å². The fourth-order valence-corrected chi connectivity index (χ4v) is 5.19. The smallest absolute Gasteiger partial charge is 0.324 e. The van der Waals surface area contributed by atoms with Gasteiger partial charge in [0.25, 0.3) is 10.0 Å². The Morgan fingerprint density at radius 3 is 2.16 bits per heavy atom. The molecule has 1 aliphatic carbocycles. The van der Waals surface area contributed by atoms with Gasteiger partial charge in [0.15, 0.2) is 5.41 Å². The van der Waals surface area contributed by atoms with E-state index in [-0.39, 0.29) is 11.3 Å². The Morgan fingerprint density at radius 2 is 1.61 bits per heavy atom. The van der Waals surface area contributed by atoms with E-state index in [0.717, 1.165) is 20.7 Å². The third-order valence-electron chi connectivity index (χ3n) is 6.01. The standard InChI is InChI=1S/C22H26N2O6S/c1-14-6-8-17(9-7-14)31(27,28)24-12-19(23-13-24)18-10-15(2)16(3)11-22(18,20(25)29-4)21(26)30-5/h6-9,12-13,18H,10-11H2,1-5H3. The van der Waals surface area contributed by atoms with Crippen LogP contribution in [0.2, 0.25) is 0 Å². The molecule has 1 aromatic heterocycles. The molecule has 31 heavy (non-hydrogen) atoms. The molecule has 0 fully saturated rings. The van der Waals surface area contributed by atoms with E-state index in [4.69, 9.17) is 9.47 Å². The minimum atomic E-state index is -3.88. The van der Waals surface area contributed by atoms with Crippen LogP contribution >= 0.6 is 0 Å². The summed E-state index contributed by atoms with van der Waals surface area (Å²) in [6.45, 7) is 5.64. The maximum Gasteiger partial charge on any atom is 0.324 e. The number of hydrogen-bond donors (Lipinski definition) is 0. The zero-order chi connectivity index (χ0) is 23.0. The first-order chi connectivity index (χ1) is 14.6. The molecule has 1 aliphatic rings. The highest BCUT2D eigenvalue weighted by Gasteiger charge is 2.57. The SMILES string of the molecule is COC(=O)C1(C(=O)OC)CC(C)=C(C)CC1c1cn(S(=O)(=O)c2ccc(C)cc2)cn1. The first kappa shape index (κ1) is 22.7. The molecular weight excluding hydrogens is 420 g/mol. The number of aromatic nitrogens is 2. The molecule has 0 radical (unpaired) electrons. The van der Waals surface area contributed by atoms with Gasteiger partial charge in [0.2, 0.25) is 0 Å². The van der Waals surface area contributed by atoms with Crippen molar-refractivity contribution in [3.05, 3.63) is 59.2 Å². The number of imidazole rings is 1. The lowest BCUT2D eigenvalue weighted by molar-refractivity contribution is -0.171. The molecule has 0 amide bonds. The molecule has 0 saturated carbocycles. The van der Waals surface area contributed by atoms with E-state index in [1.165, 1.54) is 38.9 Å². The largest absolute Gasteiger partial charge is 0.468 e. The quantitative estimate of drug-likeness (QED) is 0.395. The Kier molecular flexibility index (Phi) is 6.09. The summed E-state index contributed by atoms with van der Waals surface area (Å²) in [4.78, 5) is 30.2. The molecule has 1 heterocycles. The molecule has 1 unspecified atom stereocenters. The Morgan fingerprint density at radius 1 is 1.03 bits per heavy atom. The van der Waals surface area contributed by atoms with Crippen molar-refractivity contribution >= 4 is 22.0 Å². The number of rotatable bonds is 5. The number of carbonyl (C=O) groups excluding carboxylic acids is 2. The van der Waals surface area contributed by atoms with Crippen LogP contribution in [0.3, 0.4) is 0 Å². The Labute approximate surface area is 181 Å². The van der Waals surface area contributed by atoms with Crippen molar-refractivity contribution in [3.8, 4) is 0 Å². The second-order valence-corrected chi connectivity index (χ2v) is 9.74. The first-order valence-corrected chi connectivity index (χ1v) is 11.2. The van der Waals surface area contributed by atoms with Gasteiger partial charge in [0, 0.05) is 12.1 Å². The van der Waals surface area contributed by atoms with Gasteiger partial charge in [-0.25, -0.2) is 17.4 Å². The van der Waals surface area contributed by atoms with Gasteiger partial charge in [0.05, 0.1) is 24.8 Å². The Bertz CT molecular complexity index is 1130. The molecule has 1 aromatic carbocycles. The van der Waals surface area contributed by atoms with E-state index < -0.39 is 33.3 Å². The topological polar surface area (TPSA) is 105 Å². The lowest BCUT2D eigenvalue weighted by atomic mass is 9.63. The molecule has 0 bridgehead atoms. The highest BCUT2D eigenvalue weighted by Crippen LogP contribution is 2.50. The Hall–Kier alpha value is -2.94. The molecule has 1 atom stereocenters. The fourth-order valence-electron chi connectivity index (χ4n) is 4.04. The monoisotopic (exact) mass is 446 g/mol. The number of carbonyl (C=O) groups is 2. The number of esters is 2. The predicted octanol–water partition coefficient (Wildman–Crippen LogP) is 2.97. The molecular formula is C22H26N2O6S. The molecule has 8 nitrogen and oxygen atoms in total.